The van der Waals surface area contributed by atoms with Crippen molar-refractivity contribution in [2.45, 2.75) is 44.0 Å². The molecule has 1 N–H and O–H groups in total. The topological polar surface area (TPSA) is 59.0 Å². The zero-order valence-electron chi connectivity index (χ0n) is 13.7. The molecule has 0 aliphatic carbocycles. The number of ether oxygens (including phenoxy) is 2. The molecule has 126 valence electrons. The summed E-state index contributed by atoms with van der Waals surface area (Å²) in [6, 6.07) is 7.58. The fraction of sp³-hybridized carbons (Fsp3) is 0.611. The Morgan fingerprint density at radius 2 is 2.22 bits per heavy atom. The molecule has 2 aliphatic rings. The fourth-order valence-electron chi connectivity index (χ4n) is 3.62. The zero-order chi connectivity index (χ0) is 16.3. The van der Waals surface area contributed by atoms with E-state index in [0.717, 1.165) is 18.4 Å². The number of piperidine rings is 1. The molecule has 1 atom stereocenters. The second kappa shape index (κ2) is 6.99. The van der Waals surface area contributed by atoms with Crippen LogP contribution in [0.3, 0.4) is 0 Å². The predicted molar refractivity (Wildman–Crippen MR) is 86.2 cm³/mol. The van der Waals surface area contributed by atoms with Gasteiger partial charge in [0.05, 0.1) is 18.3 Å². The van der Waals surface area contributed by atoms with Crippen molar-refractivity contribution >= 4 is 5.91 Å². The normalized spacial score (nSPS) is 23.9. The highest BCUT2D eigenvalue weighted by Crippen LogP contribution is 2.35. The number of hydrogen-bond acceptors (Lipinski definition) is 4. The molecule has 0 radical (unpaired) electrons. The van der Waals surface area contributed by atoms with Gasteiger partial charge in [0.2, 0.25) is 0 Å². The third-order valence-corrected chi connectivity index (χ3v) is 5.00. The number of hydrogen-bond donors (Lipinski definition) is 1. The maximum absolute atomic E-state index is 12.7. The average molecular weight is 319 g/mol. The highest BCUT2D eigenvalue weighted by atomic mass is 16.5. The van der Waals surface area contributed by atoms with Gasteiger partial charge in [0.15, 0.2) is 0 Å². The van der Waals surface area contributed by atoms with E-state index in [0.29, 0.717) is 44.7 Å². The van der Waals surface area contributed by atoms with E-state index in [1.165, 1.54) is 0 Å². The van der Waals surface area contributed by atoms with Gasteiger partial charge in [-0.1, -0.05) is 12.1 Å². The lowest BCUT2D eigenvalue weighted by Gasteiger charge is -2.46. The van der Waals surface area contributed by atoms with Gasteiger partial charge in [0.1, 0.15) is 0 Å². The Labute approximate surface area is 137 Å². The molecule has 2 saturated heterocycles. The van der Waals surface area contributed by atoms with Gasteiger partial charge in [-0.15, -0.1) is 0 Å². The summed E-state index contributed by atoms with van der Waals surface area (Å²) in [6.07, 6.45) is 2.72. The number of aliphatic hydroxyl groups is 1. The van der Waals surface area contributed by atoms with Crippen molar-refractivity contribution < 1.29 is 19.4 Å². The van der Waals surface area contributed by atoms with Gasteiger partial charge in [-0.2, -0.15) is 0 Å². The quantitative estimate of drug-likeness (QED) is 0.925. The smallest absolute Gasteiger partial charge is 0.253 e. The maximum Gasteiger partial charge on any atom is 0.253 e. The van der Waals surface area contributed by atoms with Crippen molar-refractivity contribution in [1.29, 1.82) is 0 Å². The van der Waals surface area contributed by atoms with Crippen LogP contribution in [0.1, 0.15) is 41.6 Å². The summed E-state index contributed by atoms with van der Waals surface area (Å²) in [7, 11) is 1.65. The number of aliphatic hydroxyl groups excluding tert-OH is 1. The number of amides is 1. The van der Waals surface area contributed by atoms with Gasteiger partial charge >= 0.3 is 0 Å². The van der Waals surface area contributed by atoms with Gasteiger partial charge in [0, 0.05) is 32.4 Å². The van der Waals surface area contributed by atoms with Crippen LogP contribution in [-0.4, -0.2) is 54.4 Å². The van der Waals surface area contributed by atoms with E-state index in [9.17, 15) is 9.90 Å². The second-order valence-corrected chi connectivity index (χ2v) is 6.50. The predicted octanol–water partition coefficient (Wildman–Crippen LogP) is 1.98. The number of likely N-dealkylation sites (tertiary alicyclic amines) is 1. The van der Waals surface area contributed by atoms with E-state index in [4.69, 9.17) is 9.47 Å². The first-order valence-corrected chi connectivity index (χ1v) is 8.34. The lowest BCUT2D eigenvalue weighted by atomic mass is 9.82. The van der Waals surface area contributed by atoms with Crippen molar-refractivity contribution in [2.75, 3.05) is 26.8 Å². The standard InChI is InChI=1S/C18H25NO4/c1-22-13-14-4-2-5-15(12-14)17(21)19-9-7-18(8-10-19)16(20)6-3-11-23-18/h2,4-5,12,16,20H,3,6-11,13H2,1H3/t16-/m1/s1. The summed E-state index contributed by atoms with van der Waals surface area (Å²) in [6.45, 7) is 2.48. The average Bonchev–Trinajstić information content (AvgIpc) is 2.58. The number of benzene rings is 1. The lowest BCUT2D eigenvalue weighted by Crippen LogP contribution is -2.56. The first-order chi connectivity index (χ1) is 11.1. The highest BCUT2D eigenvalue weighted by molar-refractivity contribution is 5.94. The maximum atomic E-state index is 12.7. The molecule has 1 amide bonds. The van der Waals surface area contributed by atoms with Crippen LogP contribution in [0.5, 0.6) is 0 Å². The van der Waals surface area contributed by atoms with Gasteiger partial charge in [-0.25, -0.2) is 0 Å². The molecule has 0 unspecified atom stereocenters. The summed E-state index contributed by atoms with van der Waals surface area (Å²) in [5.74, 6) is 0.0445. The number of carbonyl (C=O) groups excluding carboxylic acids is 1. The summed E-state index contributed by atoms with van der Waals surface area (Å²) in [5.41, 5.74) is 1.26. The molecule has 3 rings (SSSR count). The minimum Gasteiger partial charge on any atom is -0.390 e. The lowest BCUT2D eigenvalue weighted by molar-refractivity contribution is -0.174. The van der Waals surface area contributed by atoms with Crippen LogP contribution < -0.4 is 0 Å². The highest BCUT2D eigenvalue weighted by Gasteiger charge is 2.44. The second-order valence-electron chi connectivity index (χ2n) is 6.50. The Kier molecular flexibility index (Phi) is 4.99. The SMILES string of the molecule is COCc1cccc(C(=O)N2CCC3(CC2)OCCC[C@H]3O)c1. The molecular formula is C18H25NO4. The van der Waals surface area contributed by atoms with E-state index >= 15 is 0 Å². The molecule has 1 aromatic rings. The number of carbonyl (C=O) groups is 1. The molecule has 0 bridgehead atoms. The molecule has 5 nitrogen and oxygen atoms in total. The molecule has 1 spiro atoms. The van der Waals surface area contributed by atoms with Crippen molar-refractivity contribution in [1.82, 2.24) is 4.90 Å². The van der Waals surface area contributed by atoms with E-state index in [2.05, 4.69) is 0 Å². The van der Waals surface area contributed by atoms with Gasteiger partial charge in [-0.3, -0.25) is 4.79 Å². The molecule has 0 saturated carbocycles. The van der Waals surface area contributed by atoms with Crippen LogP contribution in [0.15, 0.2) is 24.3 Å². The molecule has 2 heterocycles. The Morgan fingerprint density at radius 3 is 2.91 bits per heavy atom. The van der Waals surface area contributed by atoms with E-state index in [-0.39, 0.29) is 5.91 Å². The first kappa shape index (κ1) is 16.4. The molecule has 23 heavy (non-hydrogen) atoms. The molecular weight excluding hydrogens is 294 g/mol. The molecule has 1 aromatic carbocycles. The first-order valence-electron chi connectivity index (χ1n) is 8.34. The van der Waals surface area contributed by atoms with Crippen LogP contribution in [0, 0.1) is 0 Å². The minimum atomic E-state index is -0.438. The number of methoxy groups -OCH3 is 1. The van der Waals surface area contributed by atoms with E-state index in [1.54, 1.807) is 7.11 Å². The Balaban J connectivity index is 1.65. The third kappa shape index (κ3) is 3.42. The van der Waals surface area contributed by atoms with Crippen LogP contribution in [0.2, 0.25) is 0 Å². The largest absolute Gasteiger partial charge is 0.390 e. The van der Waals surface area contributed by atoms with E-state index in [1.807, 2.05) is 29.2 Å². The summed E-state index contributed by atoms with van der Waals surface area (Å²) in [5, 5.41) is 10.3. The Hall–Kier alpha value is -1.43. The van der Waals surface area contributed by atoms with Crippen molar-refractivity contribution in [3.05, 3.63) is 35.4 Å². The minimum absolute atomic E-state index is 0.0445. The summed E-state index contributed by atoms with van der Waals surface area (Å²) < 4.78 is 11.0. The van der Waals surface area contributed by atoms with Gasteiger partial charge < -0.3 is 19.5 Å². The summed E-state index contributed by atoms with van der Waals surface area (Å²) >= 11 is 0. The van der Waals surface area contributed by atoms with Crippen molar-refractivity contribution in [3.63, 3.8) is 0 Å². The third-order valence-electron chi connectivity index (χ3n) is 5.00. The fourth-order valence-corrected chi connectivity index (χ4v) is 3.62. The Bertz CT molecular complexity index is 552. The summed E-state index contributed by atoms with van der Waals surface area (Å²) in [4.78, 5) is 14.6. The molecule has 5 heteroatoms. The molecule has 2 aliphatic heterocycles. The number of rotatable bonds is 3. The molecule has 2 fully saturated rings. The number of nitrogens with zero attached hydrogens (tertiary/aromatic N) is 1. The van der Waals surface area contributed by atoms with Crippen LogP contribution in [-0.2, 0) is 16.1 Å². The van der Waals surface area contributed by atoms with Crippen LogP contribution in [0.4, 0.5) is 0 Å². The van der Waals surface area contributed by atoms with E-state index < -0.39 is 11.7 Å². The van der Waals surface area contributed by atoms with Crippen molar-refractivity contribution in [3.8, 4) is 0 Å². The van der Waals surface area contributed by atoms with Crippen LogP contribution in [0.25, 0.3) is 0 Å². The van der Waals surface area contributed by atoms with Crippen LogP contribution >= 0.6 is 0 Å². The van der Waals surface area contributed by atoms with Crippen molar-refractivity contribution in [2.24, 2.45) is 0 Å². The van der Waals surface area contributed by atoms with Gasteiger partial charge in [0.25, 0.3) is 5.91 Å². The van der Waals surface area contributed by atoms with Gasteiger partial charge in [-0.05, 0) is 43.4 Å². The Morgan fingerprint density at radius 1 is 1.43 bits per heavy atom. The monoisotopic (exact) mass is 319 g/mol. The zero-order valence-corrected chi connectivity index (χ0v) is 13.7. The molecule has 0 aromatic heterocycles.